The van der Waals surface area contributed by atoms with Gasteiger partial charge in [0.2, 0.25) is 0 Å². The van der Waals surface area contributed by atoms with Crippen molar-refractivity contribution in [1.29, 1.82) is 0 Å². The Morgan fingerprint density at radius 3 is 2.73 bits per heavy atom. The summed E-state index contributed by atoms with van der Waals surface area (Å²) < 4.78 is 0. The second-order valence-corrected chi connectivity index (χ2v) is 4.25. The molecule has 0 aromatic heterocycles. The maximum absolute atomic E-state index is 6.07. The van der Waals surface area contributed by atoms with Crippen LogP contribution >= 0.6 is 34.8 Å². The fourth-order valence-corrected chi connectivity index (χ4v) is 1.91. The van der Waals surface area contributed by atoms with Crippen LogP contribution in [-0.2, 0) is 0 Å². The van der Waals surface area contributed by atoms with Crippen molar-refractivity contribution in [3.05, 3.63) is 45.4 Å². The van der Waals surface area contributed by atoms with Gasteiger partial charge in [0.05, 0.1) is 0 Å². The predicted molar refractivity (Wildman–Crippen MR) is 67.9 cm³/mol. The first kappa shape index (κ1) is 12.9. The first-order valence-corrected chi connectivity index (χ1v) is 5.78. The molecular weight excluding hydrogens is 252 g/mol. The van der Waals surface area contributed by atoms with Crippen LogP contribution in [-0.4, -0.2) is 6.54 Å². The minimum Gasteiger partial charge on any atom is -0.307 e. The Morgan fingerprint density at radius 1 is 1.40 bits per heavy atom. The maximum Gasteiger partial charge on any atom is 0.0468 e. The molecule has 1 unspecified atom stereocenters. The van der Waals surface area contributed by atoms with Gasteiger partial charge in [-0.05, 0) is 24.6 Å². The number of benzene rings is 1. The van der Waals surface area contributed by atoms with E-state index in [0.29, 0.717) is 16.6 Å². The number of hydrogen-bond acceptors (Lipinski definition) is 1. The smallest absolute Gasteiger partial charge is 0.0468 e. The first-order valence-electron chi connectivity index (χ1n) is 4.58. The van der Waals surface area contributed by atoms with Crippen molar-refractivity contribution in [3.8, 4) is 0 Å². The van der Waals surface area contributed by atoms with Gasteiger partial charge in [-0.2, -0.15) is 0 Å². The van der Waals surface area contributed by atoms with Gasteiger partial charge in [-0.15, -0.1) is 0 Å². The Hall–Kier alpha value is -0.210. The molecule has 0 amide bonds. The molecule has 1 aromatic carbocycles. The average molecular weight is 265 g/mol. The van der Waals surface area contributed by atoms with Crippen LogP contribution in [0.2, 0.25) is 10.0 Å². The van der Waals surface area contributed by atoms with Gasteiger partial charge in [-0.1, -0.05) is 46.9 Å². The van der Waals surface area contributed by atoms with E-state index in [-0.39, 0.29) is 6.04 Å². The van der Waals surface area contributed by atoms with Gasteiger partial charge in [0, 0.05) is 28.2 Å². The number of halogens is 3. The zero-order valence-electron chi connectivity index (χ0n) is 8.31. The predicted octanol–water partition coefficient (Wildman–Crippen LogP) is 4.40. The van der Waals surface area contributed by atoms with Crippen LogP contribution in [0.1, 0.15) is 18.5 Å². The van der Waals surface area contributed by atoms with E-state index in [0.717, 1.165) is 5.56 Å². The zero-order chi connectivity index (χ0) is 11.3. The minimum absolute atomic E-state index is 0.169. The van der Waals surface area contributed by atoms with Gasteiger partial charge in [0.15, 0.2) is 0 Å². The molecule has 82 valence electrons. The van der Waals surface area contributed by atoms with Crippen molar-refractivity contribution in [2.75, 3.05) is 6.54 Å². The van der Waals surface area contributed by atoms with Crippen molar-refractivity contribution in [2.24, 2.45) is 0 Å². The van der Waals surface area contributed by atoms with E-state index in [1.54, 1.807) is 6.07 Å². The molecule has 0 spiro atoms. The molecule has 0 radical (unpaired) electrons. The minimum atomic E-state index is 0.169. The molecule has 0 bridgehead atoms. The van der Waals surface area contributed by atoms with E-state index in [9.17, 15) is 0 Å². The SMILES string of the molecule is CC(NC/C=C/Cl)c1ccc(Cl)cc1Cl. The summed E-state index contributed by atoms with van der Waals surface area (Å²) in [6.07, 6.45) is 1.84. The topological polar surface area (TPSA) is 12.0 Å². The molecule has 1 aromatic rings. The fourth-order valence-electron chi connectivity index (χ4n) is 1.25. The molecule has 15 heavy (non-hydrogen) atoms. The van der Waals surface area contributed by atoms with Crippen molar-refractivity contribution in [1.82, 2.24) is 5.32 Å². The van der Waals surface area contributed by atoms with Crippen LogP contribution in [0.5, 0.6) is 0 Å². The molecule has 0 heterocycles. The van der Waals surface area contributed by atoms with Gasteiger partial charge in [0.25, 0.3) is 0 Å². The molecule has 0 saturated heterocycles. The van der Waals surface area contributed by atoms with E-state index in [1.165, 1.54) is 5.54 Å². The fraction of sp³-hybridized carbons (Fsp3) is 0.273. The lowest BCUT2D eigenvalue weighted by atomic mass is 10.1. The highest BCUT2D eigenvalue weighted by molar-refractivity contribution is 6.35. The van der Waals surface area contributed by atoms with Crippen LogP contribution < -0.4 is 5.32 Å². The Labute approximate surface area is 105 Å². The van der Waals surface area contributed by atoms with Crippen LogP contribution in [0.15, 0.2) is 29.8 Å². The summed E-state index contributed by atoms with van der Waals surface area (Å²) in [5, 5.41) is 4.59. The Balaban J connectivity index is 2.69. The standard InChI is InChI=1S/C11H12Cl3N/c1-8(15-6-2-5-12)10-4-3-9(13)7-11(10)14/h2-5,7-8,15H,6H2,1H3/b5-2+. The van der Waals surface area contributed by atoms with E-state index in [4.69, 9.17) is 34.8 Å². The van der Waals surface area contributed by atoms with Crippen LogP contribution in [0.4, 0.5) is 0 Å². The third-order valence-corrected chi connectivity index (χ3v) is 2.80. The quantitative estimate of drug-likeness (QED) is 0.850. The summed E-state index contributed by atoms with van der Waals surface area (Å²) in [6.45, 7) is 2.75. The highest BCUT2D eigenvalue weighted by Gasteiger charge is 2.08. The van der Waals surface area contributed by atoms with Crippen molar-refractivity contribution in [2.45, 2.75) is 13.0 Å². The highest BCUT2D eigenvalue weighted by Crippen LogP contribution is 2.25. The Bertz CT molecular complexity index is 350. The molecule has 1 atom stereocenters. The lowest BCUT2D eigenvalue weighted by Crippen LogP contribution is -2.18. The van der Waals surface area contributed by atoms with Crippen LogP contribution in [0.25, 0.3) is 0 Å². The summed E-state index contributed by atoms with van der Waals surface area (Å²) in [5.41, 5.74) is 2.52. The van der Waals surface area contributed by atoms with Crippen LogP contribution in [0, 0.1) is 0 Å². The molecule has 0 aliphatic heterocycles. The third kappa shape index (κ3) is 4.04. The maximum atomic E-state index is 6.07. The summed E-state index contributed by atoms with van der Waals surface area (Å²) in [4.78, 5) is 0. The summed E-state index contributed by atoms with van der Waals surface area (Å²) in [7, 11) is 0. The van der Waals surface area contributed by atoms with Gasteiger partial charge < -0.3 is 5.32 Å². The Kier molecular flexibility index (Phi) is 5.48. The first-order chi connectivity index (χ1) is 7.15. The lowest BCUT2D eigenvalue weighted by Gasteiger charge is -2.14. The molecule has 4 heteroatoms. The van der Waals surface area contributed by atoms with E-state index in [1.807, 2.05) is 25.1 Å². The molecular formula is C11H12Cl3N. The van der Waals surface area contributed by atoms with E-state index in [2.05, 4.69) is 5.32 Å². The molecule has 0 aliphatic rings. The number of rotatable bonds is 4. The monoisotopic (exact) mass is 263 g/mol. The van der Waals surface area contributed by atoms with Gasteiger partial charge in [-0.3, -0.25) is 0 Å². The van der Waals surface area contributed by atoms with Crippen LogP contribution in [0.3, 0.4) is 0 Å². The van der Waals surface area contributed by atoms with Crippen molar-refractivity contribution >= 4 is 34.8 Å². The molecule has 1 N–H and O–H groups in total. The van der Waals surface area contributed by atoms with Crippen molar-refractivity contribution in [3.63, 3.8) is 0 Å². The Morgan fingerprint density at radius 2 is 2.13 bits per heavy atom. The second kappa shape index (κ2) is 6.39. The van der Waals surface area contributed by atoms with Gasteiger partial charge in [0.1, 0.15) is 0 Å². The summed E-state index contributed by atoms with van der Waals surface area (Å²) >= 11 is 17.3. The molecule has 1 nitrogen and oxygen atoms in total. The average Bonchev–Trinajstić information content (AvgIpc) is 2.17. The number of nitrogens with one attached hydrogen (secondary N) is 1. The number of hydrogen-bond donors (Lipinski definition) is 1. The molecule has 1 rings (SSSR count). The molecule has 0 fully saturated rings. The van der Waals surface area contributed by atoms with Crippen molar-refractivity contribution < 1.29 is 0 Å². The lowest BCUT2D eigenvalue weighted by molar-refractivity contribution is 0.618. The summed E-state index contributed by atoms with van der Waals surface area (Å²) in [6, 6.07) is 5.67. The van der Waals surface area contributed by atoms with E-state index < -0.39 is 0 Å². The normalized spacial score (nSPS) is 13.3. The zero-order valence-corrected chi connectivity index (χ0v) is 10.6. The van der Waals surface area contributed by atoms with E-state index >= 15 is 0 Å². The van der Waals surface area contributed by atoms with Gasteiger partial charge >= 0.3 is 0 Å². The largest absolute Gasteiger partial charge is 0.307 e. The highest BCUT2D eigenvalue weighted by atomic mass is 35.5. The molecule has 0 aliphatic carbocycles. The second-order valence-electron chi connectivity index (χ2n) is 3.16. The molecule has 0 saturated carbocycles. The third-order valence-electron chi connectivity index (χ3n) is 2.06. The van der Waals surface area contributed by atoms with Gasteiger partial charge in [-0.25, -0.2) is 0 Å². The summed E-state index contributed by atoms with van der Waals surface area (Å²) in [5.74, 6) is 0.